The molecule has 0 radical (unpaired) electrons. The number of carbonyl (C=O) groups is 2. The molecule has 9 heteroatoms. The number of hydrogen-bond acceptors (Lipinski definition) is 6. The van der Waals surface area contributed by atoms with Crippen LogP contribution in [0.15, 0.2) is 123 Å². The molecule has 0 aliphatic carbocycles. The Labute approximate surface area is 237 Å². The van der Waals surface area contributed by atoms with Crippen molar-refractivity contribution in [2.75, 3.05) is 5.32 Å². The van der Waals surface area contributed by atoms with Crippen LogP contribution in [0.1, 0.15) is 34.6 Å². The minimum atomic E-state index is -1.00. The molecule has 0 fully saturated rings. The number of amides is 1. The van der Waals surface area contributed by atoms with Crippen molar-refractivity contribution in [1.29, 1.82) is 0 Å². The van der Waals surface area contributed by atoms with Crippen molar-refractivity contribution >= 4 is 35.0 Å². The zero-order chi connectivity index (χ0) is 28.5. The first-order valence-electron chi connectivity index (χ1n) is 12.8. The molecule has 1 aliphatic rings. The SMILES string of the molecule is CC1=C(C(=O)Nc2ccccc2)[C@@H](c2ccccc2)n2c(s/c(=C\c3ccc(-c4ccc(C(=O)O)cc4)o3)c2=O)=N1. The molecule has 3 heterocycles. The summed E-state index contributed by atoms with van der Waals surface area (Å²) in [7, 11) is 0. The van der Waals surface area contributed by atoms with Gasteiger partial charge in [-0.1, -0.05) is 72.0 Å². The fourth-order valence-electron chi connectivity index (χ4n) is 4.77. The first-order valence-corrected chi connectivity index (χ1v) is 13.6. The molecule has 1 aliphatic heterocycles. The lowest BCUT2D eigenvalue weighted by molar-refractivity contribution is -0.113. The monoisotopic (exact) mass is 561 g/mol. The van der Waals surface area contributed by atoms with Crippen LogP contribution >= 0.6 is 11.3 Å². The summed E-state index contributed by atoms with van der Waals surface area (Å²) in [6.45, 7) is 1.78. The van der Waals surface area contributed by atoms with Crippen LogP contribution in [0.25, 0.3) is 17.4 Å². The van der Waals surface area contributed by atoms with Crippen molar-refractivity contribution < 1.29 is 19.1 Å². The van der Waals surface area contributed by atoms with Crippen molar-refractivity contribution in [2.45, 2.75) is 13.0 Å². The van der Waals surface area contributed by atoms with E-state index in [9.17, 15) is 14.4 Å². The number of anilines is 1. The van der Waals surface area contributed by atoms with E-state index >= 15 is 0 Å². The first-order chi connectivity index (χ1) is 19.9. The van der Waals surface area contributed by atoms with Crippen molar-refractivity contribution in [3.8, 4) is 11.3 Å². The van der Waals surface area contributed by atoms with E-state index in [0.29, 0.717) is 43.4 Å². The summed E-state index contributed by atoms with van der Waals surface area (Å²) in [6, 6.07) is 27.8. The third-order valence-corrected chi connectivity index (χ3v) is 7.71. The first kappa shape index (κ1) is 26.0. The van der Waals surface area contributed by atoms with Gasteiger partial charge in [-0.3, -0.25) is 14.2 Å². The van der Waals surface area contributed by atoms with Crippen molar-refractivity contribution in [3.63, 3.8) is 0 Å². The summed E-state index contributed by atoms with van der Waals surface area (Å²) in [4.78, 5) is 43.7. The second kappa shape index (κ2) is 10.7. The highest BCUT2D eigenvalue weighted by atomic mass is 32.1. The van der Waals surface area contributed by atoms with E-state index in [1.165, 1.54) is 23.5 Å². The summed E-state index contributed by atoms with van der Waals surface area (Å²) < 4.78 is 7.94. The second-order valence-corrected chi connectivity index (χ2v) is 10.4. The van der Waals surface area contributed by atoms with Gasteiger partial charge in [0.2, 0.25) is 0 Å². The molecule has 41 heavy (non-hydrogen) atoms. The Hall–Kier alpha value is -5.28. The molecule has 2 N–H and O–H groups in total. The van der Waals surface area contributed by atoms with Crippen LogP contribution in [0.3, 0.4) is 0 Å². The number of allylic oxidation sites excluding steroid dienone is 1. The fraction of sp³-hybridized carbons (Fsp3) is 0.0625. The Morgan fingerprint density at radius 1 is 0.951 bits per heavy atom. The summed E-state index contributed by atoms with van der Waals surface area (Å²) >= 11 is 1.22. The predicted molar refractivity (Wildman–Crippen MR) is 156 cm³/mol. The van der Waals surface area contributed by atoms with Gasteiger partial charge in [-0.2, -0.15) is 0 Å². The van der Waals surface area contributed by atoms with E-state index in [1.807, 2.05) is 48.5 Å². The van der Waals surface area contributed by atoms with Gasteiger partial charge in [-0.25, -0.2) is 9.79 Å². The number of benzene rings is 3. The molecule has 0 saturated heterocycles. The van der Waals surface area contributed by atoms with Crippen LogP contribution in [0.5, 0.6) is 0 Å². The zero-order valence-corrected chi connectivity index (χ0v) is 22.6. The molecule has 8 nitrogen and oxygen atoms in total. The molecule has 6 rings (SSSR count). The van der Waals surface area contributed by atoms with Gasteiger partial charge >= 0.3 is 5.97 Å². The lowest BCUT2D eigenvalue weighted by Gasteiger charge is -2.25. The minimum absolute atomic E-state index is 0.182. The molecule has 202 valence electrons. The largest absolute Gasteiger partial charge is 0.478 e. The topological polar surface area (TPSA) is 114 Å². The number of para-hydroxylation sites is 1. The smallest absolute Gasteiger partial charge is 0.335 e. The summed E-state index contributed by atoms with van der Waals surface area (Å²) in [5.41, 5.74) is 2.97. The van der Waals surface area contributed by atoms with E-state index < -0.39 is 12.0 Å². The Bertz CT molecular complexity index is 1990. The molecular weight excluding hydrogens is 538 g/mol. The van der Waals surface area contributed by atoms with Gasteiger partial charge in [-0.05, 0) is 48.9 Å². The maximum Gasteiger partial charge on any atom is 0.335 e. The number of furan rings is 1. The quantitative estimate of drug-likeness (QED) is 0.308. The summed E-state index contributed by atoms with van der Waals surface area (Å²) in [6.07, 6.45) is 1.66. The Morgan fingerprint density at radius 2 is 1.63 bits per heavy atom. The van der Waals surface area contributed by atoms with Crippen molar-refractivity contribution in [2.24, 2.45) is 4.99 Å². The molecule has 5 aromatic rings. The van der Waals surface area contributed by atoms with Gasteiger partial charge in [0, 0.05) is 17.3 Å². The molecule has 1 amide bonds. The van der Waals surface area contributed by atoms with Crippen LogP contribution in [0, 0.1) is 0 Å². The Kier molecular flexibility index (Phi) is 6.78. The van der Waals surface area contributed by atoms with Crippen LogP contribution in [0.2, 0.25) is 0 Å². The van der Waals surface area contributed by atoms with Gasteiger partial charge in [0.25, 0.3) is 11.5 Å². The number of carboxylic acid groups (broad SMARTS) is 1. The van der Waals surface area contributed by atoms with Gasteiger partial charge in [0.1, 0.15) is 11.5 Å². The maximum atomic E-state index is 13.8. The molecule has 0 spiro atoms. The number of nitrogens with one attached hydrogen (secondary N) is 1. The zero-order valence-electron chi connectivity index (χ0n) is 21.8. The number of thiazole rings is 1. The average Bonchev–Trinajstić information content (AvgIpc) is 3.57. The van der Waals surface area contributed by atoms with E-state index in [1.54, 1.807) is 54.0 Å². The van der Waals surface area contributed by atoms with Crippen molar-refractivity contribution in [3.05, 3.63) is 145 Å². The number of carbonyl (C=O) groups excluding carboxylic acids is 1. The highest BCUT2D eigenvalue weighted by Gasteiger charge is 2.32. The molecule has 0 saturated carbocycles. The van der Waals surface area contributed by atoms with Crippen LogP contribution in [-0.4, -0.2) is 21.6 Å². The molecule has 0 unspecified atom stereocenters. The Morgan fingerprint density at radius 3 is 2.32 bits per heavy atom. The molecule has 1 atom stereocenters. The normalized spacial score (nSPS) is 14.9. The number of carboxylic acids is 1. The lowest BCUT2D eigenvalue weighted by Crippen LogP contribution is -2.40. The van der Waals surface area contributed by atoms with Crippen LogP contribution in [-0.2, 0) is 4.79 Å². The van der Waals surface area contributed by atoms with Crippen LogP contribution in [0.4, 0.5) is 5.69 Å². The van der Waals surface area contributed by atoms with Crippen LogP contribution < -0.4 is 20.2 Å². The Balaban J connectivity index is 1.41. The number of fused-ring (bicyclic) bond motifs is 1. The second-order valence-electron chi connectivity index (χ2n) is 9.40. The number of aromatic nitrogens is 1. The minimum Gasteiger partial charge on any atom is -0.478 e. The highest BCUT2D eigenvalue weighted by Crippen LogP contribution is 2.30. The van der Waals surface area contributed by atoms with Gasteiger partial charge in [-0.15, -0.1) is 0 Å². The predicted octanol–water partition coefficient (Wildman–Crippen LogP) is 4.83. The highest BCUT2D eigenvalue weighted by molar-refractivity contribution is 7.07. The fourth-order valence-corrected chi connectivity index (χ4v) is 5.80. The summed E-state index contributed by atoms with van der Waals surface area (Å²) in [5, 5.41) is 12.1. The average molecular weight is 562 g/mol. The van der Waals surface area contributed by atoms with E-state index in [0.717, 1.165) is 5.56 Å². The summed E-state index contributed by atoms with van der Waals surface area (Å²) in [5.74, 6) is -0.331. The molecule has 3 aromatic carbocycles. The standard InChI is InChI=1S/C32H23N3O5S/c1-19-27(29(36)34-23-10-6-3-7-11-23)28(21-8-4-2-5-9-21)35-30(37)26(41-32(35)33-19)18-24-16-17-25(40-24)20-12-14-22(15-13-20)31(38)39/h2-18,28H,1H3,(H,34,36)(H,38,39)/b26-18-/t28-/m1/s1. The number of hydrogen-bond donors (Lipinski definition) is 2. The third-order valence-electron chi connectivity index (χ3n) is 6.73. The van der Waals surface area contributed by atoms with Gasteiger partial charge in [0.15, 0.2) is 4.80 Å². The maximum absolute atomic E-state index is 13.8. The van der Waals surface area contributed by atoms with Crippen molar-refractivity contribution in [1.82, 2.24) is 4.57 Å². The number of rotatable bonds is 6. The molecule has 0 bridgehead atoms. The van der Waals surface area contributed by atoms with E-state index in [4.69, 9.17) is 9.52 Å². The van der Waals surface area contributed by atoms with E-state index in [2.05, 4.69) is 10.3 Å². The van der Waals surface area contributed by atoms with Gasteiger partial charge < -0.3 is 14.8 Å². The van der Waals surface area contributed by atoms with E-state index in [-0.39, 0.29) is 17.0 Å². The van der Waals surface area contributed by atoms with Gasteiger partial charge in [0.05, 0.1) is 27.4 Å². The molecule has 2 aromatic heterocycles. The third kappa shape index (κ3) is 5.06. The number of nitrogens with zero attached hydrogens (tertiary/aromatic N) is 2. The lowest BCUT2D eigenvalue weighted by atomic mass is 9.95. The molecular formula is C32H23N3O5S. The number of aromatic carboxylic acids is 1.